The summed E-state index contributed by atoms with van der Waals surface area (Å²) < 4.78 is 0. The molecule has 0 radical (unpaired) electrons. The highest BCUT2D eigenvalue weighted by Crippen LogP contribution is 2.32. The number of anilines is 2. The summed E-state index contributed by atoms with van der Waals surface area (Å²) in [6.07, 6.45) is 1.54. The van der Waals surface area contributed by atoms with Crippen LogP contribution < -0.4 is 16.0 Å². The highest BCUT2D eigenvalue weighted by Gasteiger charge is 2.31. The SMILES string of the molecule is O=C(CSc1ccc(NC(=O)/C(=C/c2cccc(Cl)c2)NC(=O)c2ccccc2)cc1)Nc1cccc2c1C(=O)c1ccccc1C2=O. The summed E-state index contributed by atoms with van der Waals surface area (Å²) >= 11 is 7.39. The monoisotopic (exact) mass is 671 g/mol. The number of hydrogen-bond acceptors (Lipinski definition) is 6. The van der Waals surface area contributed by atoms with Gasteiger partial charge in [-0.05, 0) is 66.2 Å². The minimum Gasteiger partial charge on any atom is -0.325 e. The number of carbonyl (C=O) groups is 5. The van der Waals surface area contributed by atoms with Gasteiger partial charge in [-0.1, -0.05) is 78.3 Å². The molecule has 0 saturated carbocycles. The average molecular weight is 672 g/mol. The Morgan fingerprint density at radius 2 is 1.35 bits per heavy atom. The number of carbonyl (C=O) groups excluding carboxylic acids is 5. The van der Waals surface area contributed by atoms with Crippen molar-refractivity contribution in [1.82, 2.24) is 5.32 Å². The second-order valence-corrected chi connectivity index (χ2v) is 12.2. The number of rotatable bonds is 9. The summed E-state index contributed by atoms with van der Waals surface area (Å²) in [6, 6.07) is 33.8. The molecule has 0 atom stereocenters. The Bertz CT molecular complexity index is 2110. The zero-order valence-corrected chi connectivity index (χ0v) is 26.7. The molecule has 0 heterocycles. The van der Waals surface area contributed by atoms with Crippen molar-refractivity contribution >= 4 is 70.1 Å². The Morgan fingerprint density at radius 1 is 0.688 bits per heavy atom. The summed E-state index contributed by atoms with van der Waals surface area (Å²) in [5, 5.41) is 8.76. The number of nitrogens with one attached hydrogen (secondary N) is 3. The van der Waals surface area contributed by atoms with Crippen molar-refractivity contribution in [3.63, 3.8) is 0 Å². The van der Waals surface area contributed by atoms with Gasteiger partial charge in [-0.3, -0.25) is 24.0 Å². The molecule has 1 aliphatic rings. The van der Waals surface area contributed by atoms with Crippen molar-refractivity contribution < 1.29 is 24.0 Å². The topological polar surface area (TPSA) is 121 Å². The van der Waals surface area contributed by atoms with Crippen LogP contribution in [0, 0.1) is 0 Å². The van der Waals surface area contributed by atoms with E-state index >= 15 is 0 Å². The van der Waals surface area contributed by atoms with E-state index in [4.69, 9.17) is 11.6 Å². The Hall–Kier alpha value is -5.77. The third-order valence-electron chi connectivity index (χ3n) is 7.40. The van der Waals surface area contributed by atoms with E-state index in [0.717, 1.165) is 4.90 Å². The normalized spacial score (nSPS) is 12.1. The van der Waals surface area contributed by atoms with Crippen molar-refractivity contribution in [1.29, 1.82) is 0 Å². The van der Waals surface area contributed by atoms with E-state index in [1.165, 1.54) is 17.8 Å². The molecule has 0 aromatic heterocycles. The van der Waals surface area contributed by atoms with E-state index in [0.29, 0.717) is 33.0 Å². The minimum atomic E-state index is -0.541. The Kier molecular flexibility index (Phi) is 9.61. The van der Waals surface area contributed by atoms with Crippen LogP contribution in [0.25, 0.3) is 6.08 Å². The minimum absolute atomic E-state index is 0.0213. The van der Waals surface area contributed by atoms with Gasteiger partial charge in [0.25, 0.3) is 11.8 Å². The second-order valence-electron chi connectivity index (χ2n) is 10.7. The van der Waals surface area contributed by atoms with Crippen molar-refractivity contribution in [3.05, 3.63) is 165 Å². The predicted molar refractivity (Wildman–Crippen MR) is 188 cm³/mol. The van der Waals surface area contributed by atoms with Crippen molar-refractivity contribution in [2.24, 2.45) is 0 Å². The maximum Gasteiger partial charge on any atom is 0.272 e. The Labute approximate surface area is 285 Å². The molecule has 0 fully saturated rings. The van der Waals surface area contributed by atoms with Gasteiger partial charge in [-0.2, -0.15) is 0 Å². The molecule has 6 rings (SSSR count). The van der Waals surface area contributed by atoms with Crippen LogP contribution in [0.15, 0.2) is 132 Å². The smallest absolute Gasteiger partial charge is 0.272 e. The van der Waals surface area contributed by atoms with Gasteiger partial charge in [0, 0.05) is 37.9 Å². The molecule has 236 valence electrons. The number of ketones is 2. The van der Waals surface area contributed by atoms with E-state index in [1.807, 2.05) is 0 Å². The van der Waals surface area contributed by atoms with Crippen LogP contribution in [0.5, 0.6) is 0 Å². The quantitative estimate of drug-likeness (QED) is 0.110. The van der Waals surface area contributed by atoms with Gasteiger partial charge in [0.15, 0.2) is 11.6 Å². The zero-order valence-electron chi connectivity index (χ0n) is 25.2. The highest BCUT2D eigenvalue weighted by atomic mass is 35.5. The second kappa shape index (κ2) is 14.3. The van der Waals surface area contributed by atoms with Crippen LogP contribution >= 0.6 is 23.4 Å². The molecule has 5 aromatic rings. The number of hydrogen-bond donors (Lipinski definition) is 3. The lowest BCUT2D eigenvalue weighted by molar-refractivity contribution is -0.114. The van der Waals surface area contributed by atoms with Gasteiger partial charge >= 0.3 is 0 Å². The van der Waals surface area contributed by atoms with Gasteiger partial charge in [0.05, 0.1) is 17.0 Å². The summed E-state index contributed by atoms with van der Waals surface area (Å²) in [5.74, 6) is -1.88. The van der Waals surface area contributed by atoms with E-state index in [9.17, 15) is 24.0 Å². The Morgan fingerprint density at radius 3 is 2.08 bits per heavy atom. The molecule has 0 spiro atoms. The van der Waals surface area contributed by atoms with Crippen LogP contribution in [0.1, 0.15) is 47.8 Å². The van der Waals surface area contributed by atoms with Gasteiger partial charge in [0.1, 0.15) is 5.70 Å². The fourth-order valence-corrected chi connectivity index (χ4v) is 6.02. The fourth-order valence-electron chi connectivity index (χ4n) is 5.12. The van der Waals surface area contributed by atoms with Crippen molar-refractivity contribution in [2.75, 3.05) is 16.4 Å². The molecule has 0 saturated heterocycles. The first-order valence-electron chi connectivity index (χ1n) is 14.8. The molecular weight excluding hydrogens is 646 g/mol. The lowest BCUT2D eigenvalue weighted by Crippen LogP contribution is -2.30. The molecule has 0 bridgehead atoms. The molecule has 8 nitrogen and oxygen atoms in total. The standard InChI is InChI=1S/C38H26ClN3O5S/c39-25-11-6-8-23(20-25)21-32(42-37(46)24-9-2-1-3-10-24)38(47)40-26-16-18-27(19-17-26)48-22-33(43)41-31-15-7-14-30-34(31)36(45)29-13-5-4-12-28(29)35(30)44/h1-21H,22H2,(H,40,47)(H,41,43)(H,42,46)/b32-21-. The molecule has 48 heavy (non-hydrogen) atoms. The summed E-state index contributed by atoms with van der Waals surface area (Å²) in [4.78, 5) is 66.1. The first-order chi connectivity index (χ1) is 23.3. The third-order valence-corrected chi connectivity index (χ3v) is 8.64. The largest absolute Gasteiger partial charge is 0.325 e. The van der Waals surface area contributed by atoms with Gasteiger partial charge in [-0.25, -0.2) is 0 Å². The lowest BCUT2D eigenvalue weighted by Gasteiger charge is -2.20. The van der Waals surface area contributed by atoms with E-state index < -0.39 is 11.8 Å². The van der Waals surface area contributed by atoms with Gasteiger partial charge in [-0.15, -0.1) is 11.8 Å². The number of fused-ring (bicyclic) bond motifs is 2. The van der Waals surface area contributed by atoms with E-state index in [1.54, 1.807) is 121 Å². The molecule has 3 amide bonds. The van der Waals surface area contributed by atoms with Crippen molar-refractivity contribution in [2.45, 2.75) is 4.90 Å². The number of thioether (sulfide) groups is 1. The molecular formula is C38H26ClN3O5S. The molecule has 1 aliphatic carbocycles. The van der Waals surface area contributed by atoms with E-state index in [-0.39, 0.29) is 45.7 Å². The molecule has 3 N–H and O–H groups in total. The van der Waals surface area contributed by atoms with Gasteiger partial charge in [0.2, 0.25) is 5.91 Å². The van der Waals surface area contributed by atoms with Crippen LogP contribution in [-0.2, 0) is 9.59 Å². The van der Waals surface area contributed by atoms with Crippen LogP contribution in [0.3, 0.4) is 0 Å². The van der Waals surface area contributed by atoms with Crippen LogP contribution in [0.4, 0.5) is 11.4 Å². The van der Waals surface area contributed by atoms with Crippen LogP contribution in [-0.4, -0.2) is 35.0 Å². The fraction of sp³-hybridized carbons (Fsp3) is 0.0263. The number of halogens is 1. The lowest BCUT2D eigenvalue weighted by atomic mass is 9.83. The first-order valence-corrected chi connectivity index (χ1v) is 16.1. The Balaban J connectivity index is 1.10. The highest BCUT2D eigenvalue weighted by molar-refractivity contribution is 8.00. The van der Waals surface area contributed by atoms with E-state index in [2.05, 4.69) is 16.0 Å². The third kappa shape index (κ3) is 7.28. The average Bonchev–Trinajstić information content (AvgIpc) is 3.10. The summed E-state index contributed by atoms with van der Waals surface area (Å²) in [6.45, 7) is 0. The van der Waals surface area contributed by atoms with Gasteiger partial charge < -0.3 is 16.0 Å². The maximum absolute atomic E-state index is 13.3. The summed E-state index contributed by atoms with van der Waals surface area (Å²) in [5.41, 5.74) is 2.89. The number of benzene rings is 5. The van der Waals surface area contributed by atoms with Crippen molar-refractivity contribution in [3.8, 4) is 0 Å². The summed E-state index contributed by atoms with van der Waals surface area (Å²) in [7, 11) is 0. The van der Waals surface area contributed by atoms with Crippen LogP contribution in [0.2, 0.25) is 5.02 Å². The molecule has 10 heteroatoms. The molecule has 0 unspecified atom stereocenters. The molecule has 5 aromatic carbocycles. The first kappa shape index (κ1) is 32.2. The zero-order chi connectivity index (χ0) is 33.6. The maximum atomic E-state index is 13.3. The molecule has 0 aliphatic heterocycles. The predicted octanol–water partition coefficient (Wildman–Crippen LogP) is 7.26. The number of amides is 3.